The van der Waals surface area contributed by atoms with Crippen LogP contribution in [0.5, 0.6) is 5.75 Å². The number of piperidine rings is 1. The number of nitriles is 1. The first-order chi connectivity index (χ1) is 10.2. The van der Waals surface area contributed by atoms with E-state index in [1.165, 1.54) is 12.8 Å². The minimum absolute atomic E-state index is 0.131. The molecule has 0 atom stereocenters. The molecule has 0 bridgehead atoms. The van der Waals surface area contributed by atoms with Crippen molar-refractivity contribution in [2.75, 3.05) is 32.1 Å². The van der Waals surface area contributed by atoms with Gasteiger partial charge in [-0.2, -0.15) is 5.26 Å². The highest BCUT2D eigenvalue weighted by atomic mass is 16.5. The van der Waals surface area contributed by atoms with E-state index < -0.39 is 0 Å². The summed E-state index contributed by atoms with van der Waals surface area (Å²) in [5.41, 5.74) is 0.682. The number of nitrogens with one attached hydrogen (secondary N) is 1. The van der Waals surface area contributed by atoms with Crippen molar-refractivity contribution < 1.29 is 9.53 Å². The lowest BCUT2D eigenvalue weighted by Gasteiger charge is -2.28. The van der Waals surface area contributed by atoms with Crippen LogP contribution in [0.25, 0.3) is 0 Å². The van der Waals surface area contributed by atoms with Crippen LogP contribution in [-0.4, -0.2) is 37.6 Å². The van der Waals surface area contributed by atoms with Crippen LogP contribution < -0.4 is 10.1 Å². The number of carbonyl (C=O) groups excluding carboxylic acids is 1. The average molecular weight is 287 g/mol. The van der Waals surface area contributed by atoms with Crippen LogP contribution in [0.2, 0.25) is 0 Å². The number of ether oxygens (including phenoxy) is 1. The minimum Gasteiger partial charge on any atom is -0.493 e. The van der Waals surface area contributed by atoms with E-state index in [9.17, 15) is 4.79 Å². The predicted molar refractivity (Wildman–Crippen MR) is 81.0 cm³/mol. The lowest BCUT2D eigenvalue weighted by atomic mass is 9.98. The molecule has 1 aromatic carbocycles. The SMILES string of the molecule is CN1CCC(COc2ccc(NC(=O)CC#N)cc2)CC1. The molecule has 1 aromatic rings. The first kappa shape index (κ1) is 15.3. The van der Waals surface area contributed by atoms with Gasteiger partial charge in [0.1, 0.15) is 12.2 Å². The zero-order valence-corrected chi connectivity index (χ0v) is 12.3. The number of likely N-dealkylation sites (tertiary alicyclic amines) is 1. The number of rotatable bonds is 5. The molecule has 0 saturated carbocycles. The topological polar surface area (TPSA) is 65.4 Å². The van der Waals surface area contributed by atoms with Crippen molar-refractivity contribution in [3.8, 4) is 11.8 Å². The standard InChI is InChI=1S/C16H21N3O2/c1-19-10-7-13(8-11-19)12-21-15-4-2-14(3-5-15)18-16(20)6-9-17/h2-5,13H,6-8,10-12H2,1H3,(H,18,20). The predicted octanol–water partition coefficient (Wildman–Crippen LogP) is 2.26. The highest BCUT2D eigenvalue weighted by molar-refractivity contribution is 5.92. The molecule has 1 N–H and O–H groups in total. The van der Waals surface area contributed by atoms with Gasteiger partial charge in [0.05, 0.1) is 12.7 Å². The molecule has 5 heteroatoms. The zero-order chi connectivity index (χ0) is 15.1. The first-order valence-corrected chi connectivity index (χ1v) is 7.25. The molecule has 1 aliphatic heterocycles. The van der Waals surface area contributed by atoms with Gasteiger partial charge < -0.3 is 15.0 Å². The Labute approximate surface area is 125 Å². The molecular formula is C16H21N3O2. The Morgan fingerprint density at radius 2 is 2.05 bits per heavy atom. The largest absolute Gasteiger partial charge is 0.493 e. The van der Waals surface area contributed by atoms with Gasteiger partial charge in [0.25, 0.3) is 0 Å². The summed E-state index contributed by atoms with van der Waals surface area (Å²) in [5, 5.41) is 11.1. The van der Waals surface area contributed by atoms with Crippen LogP contribution in [0, 0.1) is 17.2 Å². The van der Waals surface area contributed by atoms with Gasteiger partial charge in [-0.1, -0.05) is 0 Å². The van der Waals surface area contributed by atoms with Gasteiger partial charge in [-0.05, 0) is 63.2 Å². The van der Waals surface area contributed by atoms with Gasteiger partial charge in [0.15, 0.2) is 0 Å². The first-order valence-electron chi connectivity index (χ1n) is 7.25. The summed E-state index contributed by atoms with van der Waals surface area (Å²) in [7, 11) is 2.15. The molecule has 1 saturated heterocycles. The number of benzene rings is 1. The molecule has 1 amide bonds. The summed E-state index contributed by atoms with van der Waals surface area (Å²) in [4.78, 5) is 13.6. The Morgan fingerprint density at radius 3 is 2.67 bits per heavy atom. The second-order valence-electron chi connectivity index (χ2n) is 5.47. The summed E-state index contributed by atoms with van der Waals surface area (Å²) in [6.45, 7) is 3.02. The molecular weight excluding hydrogens is 266 g/mol. The molecule has 0 aromatic heterocycles. The number of nitrogens with zero attached hydrogens (tertiary/aromatic N) is 2. The molecule has 0 spiro atoms. The van der Waals surface area contributed by atoms with E-state index in [0.29, 0.717) is 11.6 Å². The Morgan fingerprint density at radius 1 is 1.38 bits per heavy atom. The van der Waals surface area contributed by atoms with E-state index in [0.717, 1.165) is 25.4 Å². The van der Waals surface area contributed by atoms with Crippen LogP contribution in [0.4, 0.5) is 5.69 Å². The molecule has 0 unspecified atom stereocenters. The summed E-state index contributed by atoms with van der Waals surface area (Å²) in [6, 6.07) is 9.09. The fourth-order valence-corrected chi connectivity index (χ4v) is 2.35. The van der Waals surface area contributed by atoms with Crippen molar-refractivity contribution >= 4 is 11.6 Å². The van der Waals surface area contributed by atoms with Crippen molar-refractivity contribution in [3.63, 3.8) is 0 Å². The third-order valence-electron chi connectivity index (χ3n) is 3.70. The number of carbonyl (C=O) groups is 1. The Bertz CT molecular complexity index is 499. The molecule has 112 valence electrons. The molecule has 1 fully saturated rings. The molecule has 0 radical (unpaired) electrons. The van der Waals surface area contributed by atoms with E-state index in [1.807, 2.05) is 18.2 Å². The fraction of sp³-hybridized carbons (Fsp3) is 0.500. The van der Waals surface area contributed by atoms with Crippen molar-refractivity contribution in [1.29, 1.82) is 5.26 Å². The molecule has 2 rings (SSSR count). The van der Waals surface area contributed by atoms with E-state index in [-0.39, 0.29) is 12.3 Å². The number of anilines is 1. The maximum absolute atomic E-state index is 11.3. The highest BCUT2D eigenvalue weighted by Crippen LogP contribution is 2.20. The molecule has 21 heavy (non-hydrogen) atoms. The van der Waals surface area contributed by atoms with Crippen LogP contribution in [-0.2, 0) is 4.79 Å². The third-order valence-corrected chi connectivity index (χ3v) is 3.70. The fourth-order valence-electron chi connectivity index (χ4n) is 2.35. The molecule has 1 aliphatic rings. The van der Waals surface area contributed by atoms with Crippen molar-refractivity contribution in [1.82, 2.24) is 4.90 Å². The van der Waals surface area contributed by atoms with Gasteiger partial charge >= 0.3 is 0 Å². The van der Waals surface area contributed by atoms with Crippen LogP contribution in [0.1, 0.15) is 19.3 Å². The molecule has 0 aliphatic carbocycles. The van der Waals surface area contributed by atoms with Gasteiger partial charge in [0, 0.05) is 5.69 Å². The second-order valence-corrected chi connectivity index (χ2v) is 5.47. The Hall–Kier alpha value is -2.06. The Balaban J connectivity index is 1.77. The van der Waals surface area contributed by atoms with Crippen molar-refractivity contribution in [2.24, 2.45) is 5.92 Å². The molecule has 5 nitrogen and oxygen atoms in total. The summed E-state index contributed by atoms with van der Waals surface area (Å²) < 4.78 is 5.80. The van der Waals surface area contributed by atoms with E-state index in [4.69, 9.17) is 10.00 Å². The lowest BCUT2D eigenvalue weighted by Crippen LogP contribution is -2.32. The maximum Gasteiger partial charge on any atom is 0.238 e. The summed E-state index contributed by atoms with van der Waals surface area (Å²) in [5.74, 6) is 1.14. The lowest BCUT2D eigenvalue weighted by molar-refractivity contribution is -0.115. The highest BCUT2D eigenvalue weighted by Gasteiger charge is 2.17. The number of amides is 1. The smallest absolute Gasteiger partial charge is 0.238 e. The van der Waals surface area contributed by atoms with E-state index >= 15 is 0 Å². The van der Waals surface area contributed by atoms with Crippen LogP contribution >= 0.6 is 0 Å². The quantitative estimate of drug-likeness (QED) is 0.902. The van der Waals surface area contributed by atoms with E-state index in [1.54, 1.807) is 12.1 Å². The molecule has 1 heterocycles. The summed E-state index contributed by atoms with van der Waals surface area (Å²) in [6.07, 6.45) is 2.23. The second kappa shape index (κ2) is 7.65. The third kappa shape index (κ3) is 5.09. The van der Waals surface area contributed by atoms with Crippen molar-refractivity contribution in [3.05, 3.63) is 24.3 Å². The number of hydrogen-bond donors (Lipinski definition) is 1. The van der Waals surface area contributed by atoms with Crippen LogP contribution in [0.3, 0.4) is 0 Å². The summed E-state index contributed by atoms with van der Waals surface area (Å²) >= 11 is 0. The van der Waals surface area contributed by atoms with Crippen LogP contribution in [0.15, 0.2) is 24.3 Å². The Kier molecular flexibility index (Phi) is 5.59. The monoisotopic (exact) mass is 287 g/mol. The van der Waals surface area contributed by atoms with Gasteiger partial charge in [-0.3, -0.25) is 4.79 Å². The zero-order valence-electron chi connectivity index (χ0n) is 12.3. The average Bonchev–Trinajstić information content (AvgIpc) is 2.48. The normalized spacial score (nSPS) is 16.2. The minimum atomic E-state index is -0.294. The van der Waals surface area contributed by atoms with Gasteiger partial charge in [-0.15, -0.1) is 0 Å². The van der Waals surface area contributed by atoms with Gasteiger partial charge in [0.2, 0.25) is 5.91 Å². The van der Waals surface area contributed by atoms with E-state index in [2.05, 4.69) is 17.3 Å². The maximum atomic E-state index is 11.3. The number of hydrogen-bond acceptors (Lipinski definition) is 4. The van der Waals surface area contributed by atoms with Crippen molar-refractivity contribution in [2.45, 2.75) is 19.3 Å². The van der Waals surface area contributed by atoms with Gasteiger partial charge in [-0.25, -0.2) is 0 Å².